The molecule has 120 valence electrons. The van der Waals surface area contributed by atoms with Gasteiger partial charge in [0, 0.05) is 16.1 Å². The summed E-state index contributed by atoms with van der Waals surface area (Å²) >= 11 is 3.39. The van der Waals surface area contributed by atoms with Crippen molar-refractivity contribution in [2.24, 2.45) is 0 Å². The van der Waals surface area contributed by atoms with Crippen molar-refractivity contribution in [3.8, 4) is 5.75 Å². The third-order valence-electron chi connectivity index (χ3n) is 3.39. The Morgan fingerprint density at radius 1 is 1.48 bits per heavy atom. The third kappa shape index (κ3) is 3.95. The average Bonchev–Trinajstić information content (AvgIpc) is 3.29. The van der Waals surface area contributed by atoms with Gasteiger partial charge in [0.05, 0.1) is 13.2 Å². The van der Waals surface area contributed by atoms with Crippen LogP contribution >= 0.6 is 15.9 Å². The Morgan fingerprint density at radius 3 is 3.04 bits per heavy atom. The van der Waals surface area contributed by atoms with Gasteiger partial charge in [0.2, 0.25) is 0 Å². The first-order valence-corrected chi connectivity index (χ1v) is 7.92. The van der Waals surface area contributed by atoms with Crippen LogP contribution in [0.3, 0.4) is 0 Å². The number of rotatable bonds is 6. The molecule has 0 spiro atoms. The molecule has 0 atom stereocenters. The molecule has 1 fully saturated rings. The molecule has 1 aromatic carbocycles. The van der Waals surface area contributed by atoms with Gasteiger partial charge in [0.15, 0.2) is 12.4 Å². The van der Waals surface area contributed by atoms with Crippen molar-refractivity contribution < 1.29 is 14.3 Å². The largest absolute Gasteiger partial charge is 0.496 e. The standard InChI is InChI=1S/C15H15BrN4O3/c1-22-13-6-3-11(16)8-10(13)2-7-15(21)23-9-14-17-18-19-20(14)12-4-5-12/h2-3,6-8,12H,4-5,9H2,1H3/b7-2+. The highest BCUT2D eigenvalue weighted by atomic mass is 79.9. The van der Waals surface area contributed by atoms with E-state index in [1.807, 2.05) is 18.2 Å². The molecule has 3 rings (SSSR count). The van der Waals surface area contributed by atoms with Crippen LogP contribution in [0.25, 0.3) is 6.08 Å². The molecule has 0 saturated heterocycles. The van der Waals surface area contributed by atoms with Gasteiger partial charge in [-0.25, -0.2) is 9.48 Å². The summed E-state index contributed by atoms with van der Waals surface area (Å²) in [6, 6.07) is 5.89. The van der Waals surface area contributed by atoms with Crippen molar-refractivity contribution in [3.05, 3.63) is 40.1 Å². The van der Waals surface area contributed by atoms with E-state index in [2.05, 4.69) is 31.5 Å². The lowest BCUT2D eigenvalue weighted by Crippen LogP contribution is -2.08. The van der Waals surface area contributed by atoms with Crippen LogP contribution in [0.2, 0.25) is 0 Å². The smallest absolute Gasteiger partial charge is 0.331 e. The van der Waals surface area contributed by atoms with Crippen molar-refractivity contribution in [2.45, 2.75) is 25.5 Å². The molecule has 1 saturated carbocycles. The fourth-order valence-corrected chi connectivity index (χ4v) is 2.47. The Balaban J connectivity index is 1.60. The van der Waals surface area contributed by atoms with Crippen LogP contribution in [0.1, 0.15) is 30.3 Å². The predicted octanol–water partition coefficient (Wildman–Crippen LogP) is 2.54. The number of tetrazole rings is 1. The van der Waals surface area contributed by atoms with E-state index in [-0.39, 0.29) is 6.61 Å². The van der Waals surface area contributed by atoms with Gasteiger partial charge < -0.3 is 9.47 Å². The molecule has 8 heteroatoms. The minimum absolute atomic E-state index is 0.0578. The summed E-state index contributed by atoms with van der Waals surface area (Å²) in [5.74, 6) is 0.779. The highest BCUT2D eigenvalue weighted by molar-refractivity contribution is 9.10. The molecule has 2 aromatic rings. The van der Waals surface area contributed by atoms with Gasteiger partial charge in [-0.2, -0.15) is 0 Å². The lowest BCUT2D eigenvalue weighted by atomic mass is 10.2. The molecule has 7 nitrogen and oxygen atoms in total. The normalized spacial score (nSPS) is 14.2. The number of benzene rings is 1. The third-order valence-corrected chi connectivity index (χ3v) is 3.88. The van der Waals surface area contributed by atoms with Crippen LogP contribution in [0.15, 0.2) is 28.7 Å². The number of nitrogens with zero attached hydrogens (tertiary/aromatic N) is 4. The second-order valence-corrected chi connectivity index (χ2v) is 6.01. The minimum atomic E-state index is -0.461. The number of aromatic nitrogens is 4. The van der Waals surface area contributed by atoms with E-state index in [1.54, 1.807) is 17.9 Å². The number of hydrogen-bond acceptors (Lipinski definition) is 6. The molecule has 0 aliphatic heterocycles. The number of carbonyl (C=O) groups excluding carboxylic acids is 1. The molecule has 1 heterocycles. The molecular formula is C15H15BrN4O3. The van der Waals surface area contributed by atoms with E-state index in [9.17, 15) is 4.79 Å². The Hall–Kier alpha value is -2.22. The molecule has 0 radical (unpaired) electrons. The number of methoxy groups -OCH3 is 1. The Morgan fingerprint density at radius 2 is 2.30 bits per heavy atom. The first-order valence-electron chi connectivity index (χ1n) is 7.12. The molecule has 0 amide bonds. The molecule has 23 heavy (non-hydrogen) atoms. The molecular weight excluding hydrogens is 364 g/mol. The van der Waals surface area contributed by atoms with Crippen molar-refractivity contribution in [2.75, 3.05) is 7.11 Å². The van der Waals surface area contributed by atoms with Crippen LogP contribution in [0.4, 0.5) is 0 Å². The number of hydrogen-bond donors (Lipinski definition) is 0. The molecule has 0 N–H and O–H groups in total. The summed E-state index contributed by atoms with van der Waals surface area (Å²) in [7, 11) is 1.58. The summed E-state index contributed by atoms with van der Waals surface area (Å²) < 4.78 is 13.1. The molecule has 0 unspecified atom stereocenters. The summed E-state index contributed by atoms with van der Waals surface area (Å²) in [5.41, 5.74) is 0.779. The van der Waals surface area contributed by atoms with E-state index in [4.69, 9.17) is 9.47 Å². The monoisotopic (exact) mass is 378 g/mol. The van der Waals surface area contributed by atoms with Crippen LogP contribution in [-0.2, 0) is 16.1 Å². The second kappa shape index (κ2) is 6.91. The zero-order valence-corrected chi connectivity index (χ0v) is 14.1. The summed E-state index contributed by atoms with van der Waals surface area (Å²) in [6.45, 7) is 0.0578. The maximum atomic E-state index is 11.9. The second-order valence-electron chi connectivity index (χ2n) is 5.10. The van der Waals surface area contributed by atoms with Gasteiger partial charge in [-0.05, 0) is 47.5 Å². The summed E-state index contributed by atoms with van der Waals surface area (Å²) in [4.78, 5) is 11.9. The van der Waals surface area contributed by atoms with Crippen molar-refractivity contribution in [3.63, 3.8) is 0 Å². The lowest BCUT2D eigenvalue weighted by molar-refractivity contribution is -0.139. The topological polar surface area (TPSA) is 79.1 Å². The SMILES string of the molecule is COc1ccc(Br)cc1/C=C/C(=O)OCc1nnnn1C1CC1. The molecule has 1 aromatic heterocycles. The number of halogens is 1. The van der Waals surface area contributed by atoms with Crippen LogP contribution in [0, 0.1) is 0 Å². The van der Waals surface area contributed by atoms with Gasteiger partial charge in [-0.15, -0.1) is 5.10 Å². The average molecular weight is 379 g/mol. The Labute approximate surface area is 141 Å². The van der Waals surface area contributed by atoms with Crippen LogP contribution in [-0.4, -0.2) is 33.3 Å². The fourth-order valence-electron chi connectivity index (χ4n) is 2.09. The van der Waals surface area contributed by atoms with Crippen molar-refractivity contribution in [1.82, 2.24) is 20.2 Å². The Kier molecular flexibility index (Phi) is 4.71. The fraction of sp³-hybridized carbons (Fsp3) is 0.333. The predicted molar refractivity (Wildman–Crippen MR) is 85.6 cm³/mol. The first-order chi connectivity index (χ1) is 11.2. The van der Waals surface area contributed by atoms with Crippen molar-refractivity contribution >= 4 is 28.0 Å². The van der Waals surface area contributed by atoms with Gasteiger partial charge in [0.25, 0.3) is 0 Å². The highest BCUT2D eigenvalue weighted by Gasteiger charge is 2.27. The summed E-state index contributed by atoms with van der Waals surface area (Å²) in [5, 5.41) is 11.4. The van der Waals surface area contributed by atoms with Crippen LogP contribution in [0.5, 0.6) is 5.75 Å². The number of esters is 1. The Bertz CT molecular complexity index is 740. The van der Waals surface area contributed by atoms with E-state index in [0.717, 1.165) is 22.9 Å². The lowest BCUT2D eigenvalue weighted by Gasteiger charge is -2.05. The van der Waals surface area contributed by atoms with Gasteiger partial charge >= 0.3 is 5.97 Å². The zero-order chi connectivity index (χ0) is 16.2. The maximum Gasteiger partial charge on any atom is 0.331 e. The quantitative estimate of drug-likeness (QED) is 0.567. The zero-order valence-electron chi connectivity index (χ0n) is 12.5. The summed E-state index contributed by atoms with van der Waals surface area (Å²) in [6.07, 6.45) is 5.13. The molecule has 1 aliphatic rings. The molecule has 1 aliphatic carbocycles. The maximum absolute atomic E-state index is 11.9. The van der Waals surface area contributed by atoms with E-state index >= 15 is 0 Å². The number of ether oxygens (including phenoxy) is 2. The van der Waals surface area contributed by atoms with Crippen LogP contribution < -0.4 is 4.74 Å². The van der Waals surface area contributed by atoms with E-state index < -0.39 is 5.97 Å². The van der Waals surface area contributed by atoms with E-state index in [0.29, 0.717) is 17.6 Å². The van der Waals surface area contributed by atoms with Crippen molar-refractivity contribution in [1.29, 1.82) is 0 Å². The van der Waals surface area contributed by atoms with Gasteiger partial charge in [-0.3, -0.25) is 0 Å². The number of carbonyl (C=O) groups is 1. The molecule has 0 bridgehead atoms. The minimum Gasteiger partial charge on any atom is -0.496 e. The first kappa shape index (κ1) is 15.7. The van der Waals surface area contributed by atoms with E-state index in [1.165, 1.54) is 6.08 Å². The van der Waals surface area contributed by atoms with Gasteiger partial charge in [-0.1, -0.05) is 15.9 Å². The van der Waals surface area contributed by atoms with Gasteiger partial charge in [0.1, 0.15) is 5.75 Å². The highest BCUT2D eigenvalue weighted by Crippen LogP contribution is 2.34.